The summed E-state index contributed by atoms with van der Waals surface area (Å²) >= 11 is 1.26. The summed E-state index contributed by atoms with van der Waals surface area (Å²) in [4.78, 5) is 27.4. The molecular weight excluding hydrogens is 346 g/mol. The topological polar surface area (TPSA) is 59.2 Å². The van der Waals surface area contributed by atoms with Gasteiger partial charge in [0, 0.05) is 11.6 Å². The van der Waals surface area contributed by atoms with Crippen LogP contribution in [0.15, 0.2) is 47.3 Å². The van der Waals surface area contributed by atoms with Crippen LogP contribution in [0.3, 0.4) is 0 Å². The van der Waals surface area contributed by atoms with Crippen LogP contribution in [0.25, 0.3) is 12.2 Å². The van der Waals surface area contributed by atoms with E-state index in [2.05, 4.69) is 4.98 Å². The number of benzene rings is 2. The molecule has 3 rings (SSSR count). The predicted octanol–water partition coefficient (Wildman–Crippen LogP) is 2.55. The van der Waals surface area contributed by atoms with Gasteiger partial charge in [0.25, 0.3) is 5.56 Å². The fraction of sp³-hybridized carbons (Fsp3) is 0.143. The summed E-state index contributed by atoms with van der Waals surface area (Å²) in [5.41, 5.74) is 3.39. The standard InChI is InChI=1S/C21H19NO3S/c1-13-8-14(2)10-16(9-13)18(23)12-20-22-21(24)19(26-20)11-15-4-6-17(25-3)7-5-15/h4-12H,1-3H3,(H,22,24). The van der Waals surface area contributed by atoms with Crippen LogP contribution in [-0.4, -0.2) is 17.9 Å². The van der Waals surface area contributed by atoms with Crippen molar-refractivity contribution < 1.29 is 9.53 Å². The van der Waals surface area contributed by atoms with Gasteiger partial charge in [0.05, 0.1) is 16.3 Å². The number of methoxy groups -OCH3 is 1. The van der Waals surface area contributed by atoms with Gasteiger partial charge in [-0.05, 0) is 49.8 Å². The van der Waals surface area contributed by atoms with E-state index in [1.165, 1.54) is 17.4 Å². The van der Waals surface area contributed by atoms with Gasteiger partial charge in [-0.3, -0.25) is 9.59 Å². The summed E-state index contributed by atoms with van der Waals surface area (Å²) < 4.78 is 6.22. The van der Waals surface area contributed by atoms with Gasteiger partial charge in [-0.25, -0.2) is 0 Å². The zero-order chi connectivity index (χ0) is 18.7. The summed E-state index contributed by atoms with van der Waals surface area (Å²) in [5, 5.41) is 0. The number of thiazole rings is 1. The van der Waals surface area contributed by atoms with Crippen LogP contribution >= 0.6 is 11.3 Å². The number of H-pyrrole nitrogens is 1. The lowest BCUT2D eigenvalue weighted by Gasteiger charge is -2.00. The molecule has 2 aromatic carbocycles. The Hall–Kier alpha value is -2.92. The average molecular weight is 365 g/mol. The van der Waals surface area contributed by atoms with Crippen molar-refractivity contribution in [1.82, 2.24) is 4.98 Å². The van der Waals surface area contributed by atoms with Crippen LogP contribution in [0.1, 0.15) is 27.0 Å². The highest BCUT2D eigenvalue weighted by Crippen LogP contribution is 2.11. The van der Waals surface area contributed by atoms with E-state index in [1.807, 2.05) is 56.3 Å². The molecule has 0 aliphatic rings. The molecule has 0 fully saturated rings. The first-order valence-electron chi connectivity index (χ1n) is 8.14. The molecule has 26 heavy (non-hydrogen) atoms. The van der Waals surface area contributed by atoms with Gasteiger partial charge in [-0.2, -0.15) is 0 Å². The van der Waals surface area contributed by atoms with E-state index in [1.54, 1.807) is 13.2 Å². The highest BCUT2D eigenvalue weighted by Gasteiger charge is 2.05. The van der Waals surface area contributed by atoms with Gasteiger partial charge in [-0.1, -0.05) is 29.3 Å². The van der Waals surface area contributed by atoms with Crippen molar-refractivity contribution in [3.8, 4) is 5.75 Å². The SMILES string of the molecule is COc1ccc(C=c2sc(=CC(=O)c3cc(C)cc(C)c3)[nH]c2=O)cc1. The lowest BCUT2D eigenvalue weighted by Crippen LogP contribution is -2.20. The molecule has 0 spiro atoms. The lowest BCUT2D eigenvalue weighted by atomic mass is 10.0. The normalized spacial score (nSPS) is 12.4. The summed E-state index contributed by atoms with van der Waals surface area (Å²) in [6.07, 6.45) is 3.27. The molecule has 132 valence electrons. The van der Waals surface area contributed by atoms with Crippen LogP contribution < -0.4 is 19.5 Å². The zero-order valence-corrected chi connectivity index (χ0v) is 15.6. The second-order valence-electron chi connectivity index (χ2n) is 6.09. The maximum Gasteiger partial charge on any atom is 0.266 e. The molecule has 0 bridgehead atoms. The van der Waals surface area contributed by atoms with E-state index in [-0.39, 0.29) is 11.3 Å². The predicted molar refractivity (Wildman–Crippen MR) is 105 cm³/mol. The van der Waals surface area contributed by atoms with Crippen molar-refractivity contribution in [2.75, 3.05) is 7.11 Å². The van der Waals surface area contributed by atoms with E-state index in [4.69, 9.17) is 4.74 Å². The fourth-order valence-corrected chi connectivity index (χ4v) is 3.58. The summed E-state index contributed by atoms with van der Waals surface area (Å²) in [6.45, 7) is 3.91. The molecule has 0 saturated heterocycles. The highest BCUT2D eigenvalue weighted by atomic mass is 32.1. The van der Waals surface area contributed by atoms with Crippen LogP contribution in [0.4, 0.5) is 0 Å². The van der Waals surface area contributed by atoms with E-state index >= 15 is 0 Å². The van der Waals surface area contributed by atoms with Crippen LogP contribution in [0, 0.1) is 13.8 Å². The van der Waals surface area contributed by atoms with E-state index < -0.39 is 0 Å². The molecule has 5 heteroatoms. The molecule has 0 radical (unpaired) electrons. The minimum absolute atomic E-state index is 0.120. The number of aromatic amines is 1. The summed E-state index contributed by atoms with van der Waals surface area (Å²) in [6, 6.07) is 13.1. The first kappa shape index (κ1) is 17.9. The number of ketones is 1. The Bertz CT molecular complexity index is 1100. The first-order valence-corrected chi connectivity index (χ1v) is 8.95. The van der Waals surface area contributed by atoms with Crippen LogP contribution in [0.5, 0.6) is 5.75 Å². The first-order chi connectivity index (χ1) is 12.4. The number of Topliss-reactive ketones (excluding diaryl/α,β-unsaturated/α-hetero) is 1. The molecule has 1 N–H and O–H groups in total. The Morgan fingerprint density at radius 2 is 1.73 bits per heavy atom. The van der Waals surface area contributed by atoms with Crippen LogP contribution in [0.2, 0.25) is 0 Å². The quantitative estimate of drug-likeness (QED) is 0.723. The second kappa shape index (κ2) is 7.54. The third-order valence-corrected chi connectivity index (χ3v) is 4.83. The number of carbonyl (C=O) groups excluding carboxylic acids is 1. The van der Waals surface area contributed by atoms with Crippen molar-refractivity contribution in [2.24, 2.45) is 0 Å². The summed E-state index contributed by atoms with van der Waals surface area (Å²) in [5.74, 6) is 0.639. The van der Waals surface area contributed by atoms with Crippen molar-refractivity contribution in [3.63, 3.8) is 0 Å². The molecule has 3 aromatic rings. The highest BCUT2D eigenvalue weighted by molar-refractivity contribution is 7.07. The second-order valence-corrected chi connectivity index (χ2v) is 7.17. The van der Waals surface area contributed by atoms with Crippen molar-refractivity contribution in [1.29, 1.82) is 0 Å². The Balaban J connectivity index is 1.96. The molecule has 0 aliphatic heterocycles. The molecule has 1 heterocycles. The molecular formula is C21H19NO3S. The smallest absolute Gasteiger partial charge is 0.266 e. The van der Waals surface area contributed by atoms with Gasteiger partial charge in [0.2, 0.25) is 0 Å². The van der Waals surface area contributed by atoms with E-state index in [0.29, 0.717) is 14.8 Å². The number of nitrogens with one attached hydrogen (secondary N) is 1. The minimum Gasteiger partial charge on any atom is -0.497 e. The Morgan fingerprint density at radius 3 is 2.35 bits per heavy atom. The van der Waals surface area contributed by atoms with Gasteiger partial charge in [0.15, 0.2) is 5.78 Å². The number of aryl methyl sites for hydroxylation is 2. The maximum absolute atomic E-state index is 12.5. The number of carbonyl (C=O) groups is 1. The van der Waals surface area contributed by atoms with Crippen molar-refractivity contribution >= 4 is 29.3 Å². The fourth-order valence-electron chi connectivity index (χ4n) is 2.70. The zero-order valence-electron chi connectivity index (χ0n) is 14.8. The number of hydrogen-bond acceptors (Lipinski definition) is 4. The molecule has 0 aliphatic carbocycles. The molecule has 0 saturated carbocycles. The monoisotopic (exact) mass is 365 g/mol. The molecule has 0 unspecified atom stereocenters. The third kappa shape index (κ3) is 4.18. The van der Waals surface area contributed by atoms with Gasteiger partial charge in [-0.15, -0.1) is 11.3 Å². The number of ether oxygens (including phenoxy) is 1. The largest absolute Gasteiger partial charge is 0.497 e. The maximum atomic E-state index is 12.5. The van der Waals surface area contributed by atoms with E-state index in [0.717, 1.165) is 22.4 Å². The number of aromatic nitrogens is 1. The molecule has 1 aromatic heterocycles. The lowest BCUT2D eigenvalue weighted by molar-refractivity contribution is 0.106. The van der Waals surface area contributed by atoms with Crippen LogP contribution in [-0.2, 0) is 0 Å². The van der Waals surface area contributed by atoms with Gasteiger partial charge in [0.1, 0.15) is 5.75 Å². The van der Waals surface area contributed by atoms with Crippen molar-refractivity contribution in [2.45, 2.75) is 13.8 Å². The summed E-state index contributed by atoms with van der Waals surface area (Å²) in [7, 11) is 1.61. The van der Waals surface area contributed by atoms with Gasteiger partial charge >= 0.3 is 0 Å². The Kier molecular flexibility index (Phi) is 5.19. The molecule has 0 amide bonds. The number of hydrogen-bond donors (Lipinski definition) is 1. The Morgan fingerprint density at radius 1 is 1.08 bits per heavy atom. The minimum atomic E-state index is -0.203. The van der Waals surface area contributed by atoms with E-state index in [9.17, 15) is 9.59 Å². The van der Waals surface area contributed by atoms with Gasteiger partial charge < -0.3 is 9.72 Å². The number of rotatable bonds is 4. The molecule has 0 atom stereocenters. The van der Waals surface area contributed by atoms with Crippen molar-refractivity contribution in [3.05, 3.63) is 84.3 Å². The Labute approximate surface area is 155 Å². The third-order valence-electron chi connectivity index (χ3n) is 3.86. The average Bonchev–Trinajstić information content (AvgIpc) is 2.94. The molecule has 4 nitrogen and oxygen atoms in total.